The van der Waals surface area contributed by atoms with Crippen LogP contribution in [0.2, 0.25) is 0 Å². The summed E-state index contributed by atoms with van der Waals surface area (Å²) in [6.07, 6.45) is -4.10. The SMILES string of the molecule is FC(F)(F)C1CNCCN1. The molecular formula is C5H9F3N2. The van der Waals surface area contributed by atoms with Crippen LogP contribution in [0.3, 0.4) is 0 Å². The minimum absolute atomic E-state index is 0.0104. The van der Waals surface area contributed by atoms with E-state index in [0.717, 1.165) is 0 Å². The van der Waals surface area contributed by atoms with Gasteiger partial charge in [-0.15, -0.1) is 0 Å². The highest BCUT2D eigenvalue weighted by Crippen LogP contribution is 2.19. The summed E-state index contributed by atoms with van der Waals surface area (Å²) in [4.78, 5) is 0. The predicted molar refractivity (Wildman–Crippen MR) is 30.7 cm³/mol. The Hall–Kier alpha value is -0.290. The Morgan fingerprint density at radius 3 is 2.20 bits per heavy atom. The second-order valence-corrected chi connectivity index (χ2v) is 2.25. The molecule has 0 aliphatic carbocycles. The van der Waals surface area contributed by atoms with Gasteiger partial charge in [-0.1, -0.05) is 0 Å². The number of hydrogen-bond acceptors (Lipinski definition) is 2. The molecule has 0 spiro atoms. The molecule has 0 radical (unpaired) electrons. The standard InChI is InChI=1S/C5H9F3N2/c6-5(7,8)4-3-9-1-2-10-4/h4,9-10H,1-3H2. The summed E-state index contributed by atoms with van der Waals surface area (Å²) in [7, 11) is 0. The molecule has 5 heteroatoms. The van der Waals surface area contributed by atoms with Crippen LogP contribution in [0, 0.1) is 0 Å². The summed E-state index contributed by atoms with van der Waals surface area (Å²) in [5, 5.41) is 5.03. The summed E-state index contributed by atoms with van der Waals surface area (Å²) >= 11 is 0. The lowest BCUT2D eigenvalue weighted by Crippen LogP contribution is -2.55. The molecule has 60 valence electrons. The third-order valence-corrected chi connectivity index (χ3v) is 1.44. The minimum atomic E-state index is -4.10. The van der Waals surface area contributed by atoms with Gasteiger partial charge in [-0.2, -0.15) is 13.2 Å². The van der Waals surface area contributed by atoms with Gasteiger partial charge in [0.05, 0.1) is 0 Å². The first kappa shape index (κ1) is 7.81. The van der Waals surface area contributed by atoms with Gasteiger partial charge in [-0.25, -0.2) is 0 Å². The van der Waals surface area contributed by atoms with Crippen LogP contribution in [0.25, 0.3) is 0 Å². The van der Waals surface area contributed by atoms with Crippen molar-refractivity contribution < 1.29 is 13.2 Å². The molecular weight excluding hydrogens is 145 g/mol. The highest BCUT2D eigenvalue weighted by Gasteiger charge is 2.39. The second-order valence-electron chi connectivity index (χ2n) is 2.25. The van der Waals surface area contributed by atoms with Crippen molar-refractivity contribution in [2.24, 2.45) is 0 Å². The maximum Gasteiger partial charge on any atom is 0.405 e. The summed E-state index contributed by atoms with van der Waals surface area (Å²) in [5.41, 5.74) is 0. The van der Waals surface area contributed by atoms with Crippen LogP contribution in [0.1, 0.15) is 0 Å². The molecule has 2 nitrogen and oxygen atoms in total. The van der Waals surface area contributed by atoms with Crippen molar-refractivity contribution in [3.05, 3.63) is 0 Å². The quantitative estimate of drug-likeness (QED) is 0.517. The molecule has 10 heavy (non-hydrogen) atoms. The maximum atomic E-state index is 11.8. The summed E-state index contributed by atoms with van der Waals surface area (Å²) in [5.74, 6) is 0. The van der Waals surface area contributed by atoms with Crippen LogP contribution in [0.15, 0.2) is 0 Å². The van der Waals surface area contributed by atoms with Crippen molar-refractivity contribution in [3.63, 3.8) is 0 Å². The van der Waals surface area contributed by atoms with Gasteiger partial charge in [0, 0.05) is 19.6 Å². The molecule has 1 fully saturated rings. The van der Waals surface area contributed by atoms with Crippen molar-refractivity contribution in [1.82, 2.24) is 10.6 Å². The van der Waals surface area contributed by atoms with Gasteiger partial charge in [0.1, 0.15) is 6.04 Å². The zero-order valence-corrected chi connectivity index (χ0v) is 5.33. The van der Waals surface area contributed by atoms with E-state index in [1.54, 1.807) is 0 Å². The van der Waals surface area contributed by atoms with Crippen LogP contribution in [0.4, 0.5) is 13.2 Å². The van der Waals surface area contributed by atoms with Crippen molar-refractivity contribution in [1.29, 1.82) is 0 Å². The Morgan fingerprint density at radius 2 is 1.90 bits per heavy atom. The number of rotatable bonds is 0. The highest BCUT2D eigenvalue weighted by molar-refractivity contribution is 4.81. The van der Waals surface area contributed by atoms with Crippen LogP contribution in [-0.2, 0) is 0 Å². The normalized spacial score (nSPS) is 28.5. The highest BCUT2D eigenvalue weighted by atomic mass is 19.4. The van der Waals surface area contributed by atoms with Crippen molar-refractivity contribution in [2.45, 2.75) is 12.2 Å². The Kier molecular flexibility index (Phi) is 2.15. The smallest absolute Gasteiger partial charge is 0.314 e. The molecule has 1 heterocycles. The van der Waals surface area contributed by atoms with Gasteiger partial charge in [0.25, 0.3) is 0 Å². The molecule has 1 aliphatic heterocycles. The Morgan fingerprint density at radius 1 is 1.20 bits per heavy atom. The summed E-state index contributed by atoms with van der Waals surface area (Å²) in [6.45, 7) is 1.00. The lowest BCUT2D eigenvalue weighted by atomic mass is 10.2. The third kappa shape index (κ3) is 1.85. The van der Waals surface area contributed by atoms with E-state index in [2.05, 4.69) is 10.6 Å². The van der Waals surface area contributed by atoms with Gasteiger partial charge < -0.3 is 10.6 Å². The first-order valence-corrected chi connectivity index (χ1v) is 3.11. The molecule has 0 aromatic carbocycles. The van der Waals surface area contributed by atoms with Gasteiger partial charge in [0.2, 0.25) is 0 Å². The predicted octanol–water partition coefficient (Wildman–Crippen LogP) is 0.110. The van der Waals surface area contributed by atoms with E-state index in [9.17, 15) is 13.2 Å². The van der Waals surface area contributed by atoms with E-state index in [1.807, 2.05) is 0 Å². The van der Waals surface area contributed by atoms with Crippen LogP contribution >= 0.6 is 0 Å². The van der Waals surface area contributed by atoms with E-state index < -0.39 is 12.2 Å². The summed E-state index contributed by atoms with van der Waals surface area (Å²) in [6, 6.07) is -1.36. The van der Waals surface area contributed by atoms with E-state index >= 15 is 0 Å². The molecule has 1 aliphatic rings. The molecule has 1 unspecified atom stereocenters. The van der Waals surface area contributed by atoms with E-state index in [1.165, 1.54) is 0 Å². The topological polar surface area (TPSA) is 24.1 Å². The molecule has 0 amide bonds. The van der Waals surface area contributed by atoms with Crippen LogP contribution < -0.4 is 10.6 Å². The lowest BCUT2D eigenvalue weighted by Gasteiger charge is -2.26. The van der Waals surface area contributed by atoms with Gasteiger partial charge in [0.15, 0.2) is 0 Å². The number of halogens is 3. The first-order chi connectivity index (χ1) is 4.61. The molecule has 0 aromatic heterocycles. The van der Waals surface area contributed by atoms with Gasteiger partial charge in [-0.05, 0) is 0 Å². The second kappa shape index (κ2) is 2.75. The molecule has 0 aromatic rings. The number of alkyl halides is 3. The van der Waals surface area contributed by atoms with Crippen molar-refractivity contribution in [2.75, 3.05) is 19.6 Å². The zero-order chi connectivity index (χ0) is 7.61. The molecule has 1 saturated heterocycles. The van der Waals surface area contributed by atoms with E-state index in [4.69, 9.17) is 0 Å². The van der Waals surface area contributed by atoms with Gasteiger partial charge >= 0.3 is 6.18 Å². The Bertz CT molecular complexity index is 106. The number of nitrogens with one attached hydrogen (secondary N) is 2. The van der Waals surface area contributed by atoms with E-state index in [-0.39, 0.29) is 6.54 Å². The van der Waals surface area contributed by atoms with Crippen molar-refractivity contribution in [3.8, 4) is 0 Å². The lowest BCUT2D eigenvalue weighted by molar-refractivity contribution is -0.156. The zero-order valence-electron chi connectivity index (χ0n) is 5.33. The maximum absolute atomic E-state index is 11.8. The minimum Gasteiger partial charge on any atom is -0.314 e. The monoisotopic (exact) mass is 154 g/mol. The summed E-state index contributed by atoms with van der Waals surface area (Å²) < 4.78 is 35.5. The largest absolute Gasteiger partial charge is 0.405 e. The Balaban J connectivity index is 2.39. The number of hydrogen-bond donors (Lipinski definition) is 2. The molecule has 0 saturated carbocycles. The fourth-order valence-electron chi connectivity index (χ4n) is 0.885. The van der Waals surface area contributed by atoms with Crippen LogP contribution in [0.5, 0.6) is 0 Å². The number of piperazine rings is 1. The fraction of sp³-hybridized carbons (Fsp3) is 1.00. The molecule has 1 rings (SSSR count). The molecule has 0 bridgehead atoms. The average molecular weight is 154 g/mol. The average Bonchev–Trinajstić information content (AvgIpc) is 1.88. The third-order valence-electron chi connectivity index (χ3n) is 1.44. The molecule has 1 atom stereocenters. The Labute approximate surface area is 56.8 Å². The van der Waals surface area contributed by atoms with Crippen molar-refractivity contribution >= 4 is 0 Å². The molecule has 2 N–H and O–H groups in total. The van der Waals surface area contributed by atoms with E-state index in [0.29, 0.717) is 13.1 Å². The van der Waals surface area contributed by atoms with Gasteiger partial charge in [-0.3, -0.25) is 0 Å². The fourth-order valence-corrected chi connectivity index (χ4v) is 0.885. The first-order valence-electron chi connectivity index (χ1n) is 3.11. The van der Waals surface area contributed by atoms with Crippen LogP contribution in [-0.4, -0.2) is 31.9 Å².